The number of amides is 2. The molecule has 1 fully saturated rings. The van der Waals surface area contributed by atoms with E-state index in [0.29, 0.717) is 29.4 Å². The smallest absolute Gasteiger partial charge is 0.416 e. The fraction of sp³-hybridized carbons (Fsp3) is 0.423. The van der Waals surface area contributed by atoms with Gasteiger partial charge >= 0.3 is 12.2 Å². The zero-order chi connectivity index (χ0) is 26.3. The Labute approximate surface area is 217 Å². The number of urea groups is 1. The van der Waals surface area contributed by atoms with Crippen LogP contribution in [0.15, 0.2) is 42.5 Å². The van der Waals surface area contributed by atoms with E-state index in [1.54, 1.807) is 4.90 Å². The summed E-state index contributed by atoms with van der Waals surface area (Å²) in [6.07, 6.45) is -2.46. The number of alkyl halides is 3. The minimum absolute atomic E-state index is 0.0713. The van der Waals surface area contributed by atoms with E-state index in [0.717, 1.165) is 36.4 Å². The van der Waals surface area contributed by atoms with Crippen molar-refractivity contribution in [3.05, 3.63) is 75.8 Å². The van der Waals surface area contributed by atoms with Crippen LogP contribution in [0.5, 0.6) is 5.75 Å². The second kappa shape index (κ2) is 9.89. The highest BCUT2D eigenvalue weighted by molar-refractivity contribution is 6.30. The molecule has 2 aliphatic rings. The zero-order valence-electron chi connectivity index (χ0n) is 20.4. The quantitative estimate of drug-likeness (QED) is 0.431. The number of hydrogen-bond acceptors (Lipinski definition) is 4. The molecule has 1 aromatic heterocycles. The number of likely N-dealkylation sites (tertiary alicyclic amines) is 1. The van der Waals surface area contributed by atoms with Gasteiger partial charge in [0.2, 0.25) is 0 Å². The second-order valence-corrected chi connectivity index (χ2v) is 9.88. The number of carbonyl (C=O) groups is 1. The van der Waals surface area contributed by atoms with Gasteiger partial charge in [0.05, 0.1) is 30.3 Å². The average Bonchev–Trinajstić information content (AvgIpc) is 3.50. The third-order valence-corrected chi connectivity index (χ3v) is 7.37. The lowest BCUT2D eigenvalue weighted by atomic mass is 9.98. The van der Waals surface area contributed by atoms with Gasteiger partial charge in [0.15, 0.2) is 5.82 Å². The summed E-state index contributed by atoms with van der Waals surface area (Å²) in [5, 5.41) is 12.4. The summed E-state index contributed by atoms with van der Waals surface area (Å²) in [6, 6.07) is 9.92. The zero-order valence-corrected chi connectivity index (χ0v) is 21.2. The van der Waals surface area contributed by atoms with Gasteiger partial charge in [-0.1, -0.05) is 29.8 Å². The third-order valence-electron chi connectivity index (χ3n) is 7.12. The maximum Gasteiger partial charge on any atom is 0.416 e. The van der Waals surface area contributed by atoms with E-state index in [1.165, 1.54) is 6.07 Å². The van der Waals surface area contributed by atoms with Crippen molar-refractivity contribution < 1.29 is 22.7 Å². The molecule has 1 saturated heterocycles. The largest absolute Gasteiger partial charge is 0.493 e. The van der Waals surface area contributed by atoms with Crippen LogP contribution in [0, 0.1) is 6.92 Å². The monoisotopic (exact) mass is 533 g/mol. The van der Waals surface area contributed by atoms with Crippen molar-refractivity contribution in [3.63, 3.8) is 0 Å². The van der Waals surface area contributed by atoms with Crippen molar-refractivity contribution in [2.45, 2.75) is 57.4 Å². The first-order valence-electron chi connectivity index (χ1n) is 12.2. The van der Waals surface area contributed by atoms with Gasteiger partial charge in [0, 0.05) is 23.6 Å². The molecule has 3 atom stereocenters. The lowest BCUT2D eigenvalue weighted by molar-refractivity contribution is -0.137. The summed E-state index contributed by atoms with van der Waals surface area (Å²) in [7, 11) is 0. The highest BCUT2D eigenvalue weighted by atomic mass is 35.5. The summed E-state index contributed by atoms with van der Waals surface area (Å²) in [5.74, 6) is 1.59. The summed E-state index contributed by atoms with van der Waals surface area (Å²) in [5.41, 5.74) is 0.806. The van der Waals surface area contributed by atoms with Crippen molar-refractivity contribution in [2.24, 2.45) is 0 Å². The average molecular weight is 534 g/mol. The van der Waals surface area contributed by atoms with E-state index in [-0.39, 0.29) is 30.5 Å². The van der Waals surface area contributed by atoms with Crippen LogP contribution >= 0.6 is 11.6 Å². The Morgan fingerprint density at radius 2 is 1.92 bits per heavy atom. The van der Waals surface area contributed by atoms with Crippen molar-refractivity contribution in [3.8, 4) is 5.75 Å². The second-order valence-electron chi connectivity index (χ2n) is 9.44. The van der Waals surface area contributed by atoms with Crippen molar-refractivity contribution in [1.29, 1.82) is 0 Å². The summed E-state index contributed by atoms with van der Waals surface area (Å²) in [4.78, 5) is 15.2. The SMILES string of the molecule is Cc1nnc([C@H]2CCCN2C(=O)N[C@H]2CCOc3cc(C(F)(F)F)ccc32)n1[C@@H](C)c1ccc(Cl)cc1. The normalized spacial score (nSPS) is 20.3. The number of nitrogens with zero attached hydrogens (tertiary/aromatic N) is 4. The summed E-state index contributed by atoms with van der Waals surface area (Å²) >= 11 is 6.06. The number of halogens is 4. The molecular formula is C26H27ClF3N5O2. The molecule has 0 saturated carbocycles. The van der Waals surface area contributed by atoms with Crippen molar-refractivity contribution in [1.82, 2.24) is 25.0 Å². The Balaban J connectivity index is 1.37. The number of ether oxygens (including phenoxy) is 1. The van der Waals surface area contributed by atoms with E-state index in [1.807, 2.05) is 35.8 Å². The highest BCUT2D eigenvalue weighted by Crippen LogP contribution is 2.39. The molecule has 1 N–H and O–H groups in total. The predicted octanol–water partition coefficient (Wildman–Crippen LogP) is 6.24. The number of carbonyl (C=O) groups excluding carboxylic acids is 1. The fourth-order valence-electron chi connectivity index (χ4n) is 5.21. The van der Waals surface area contributed by atoms with E-state index >= 15 is 0 Å². The molecule has 196 valence electrons. The molecule has 0 spiro atoms. The molecule has 0 aliphatic carbocycles. The Hall–Kier alpha value is -3.27. The third kappa shape index (κ3) is 4.99. The van der Waals surface area contributed by atoms with E-state index in [2.05, 4.69) is 22.4 Å². The fourth-order valence-corrected chi connectivity index (χ4v) is 5.33. The predicted molar refractivity (Wildman–Crippen MR) is 132 cm³/mol. The number of hydrogen-bond donors (Lipinski definition) is 1. The van der Waals surface area contributed by atoms with Gasteiger partial charge in [-0.15, -0.1) is 10.2 Å². The van der Waals surface area contributed by atoms with Crippen LogP contribution in [-0.4, -0.2) is 38.8 Å². The topological polar surface area (TPSA) is 72.3 Å². The lowest BCUT2D eigenvalue weighted by Crippen LogP contribution is -2.43. The highest BCUT2D eigenvalue weighted by Gasteiger charge is 2.37. The first-order chi connectivity index (χ1) is 17.6. The van der Waals surface area contributed by atoms with Crippen molar-refractivity contribution in [2.75, 3.05) is 13.2 Å². The Kier molecular flexibility index (Phi) is 6.78. The molecule has 3 aromatic rings. The molecule has 3 heterocycles. The van der Waals surface area contributed by atoms with Crippen LogP contribution in [0.1, 0.15) is 72.7 Å². The number of rotatable bonds is 4. The van der Waals surface area contributed by atoms with Crippen LogP contribution < -0.4 is 10.1 Å². The molecule has 0 unspecified atom stereocenters. The first-order valence-corrected chi connectivity index (χ1v) is 12.6. The first kappa shape index (κ1) is 25.4. The molecule has 0 bridgehead atoms. The number of fused-ring (bicyclic) bond motifs is 1. The Morgan fingerprint density at radius 3 is 2.65 bits per heavy atom. The maximum atomic E-state index is 13.5. The van der Waals surface area contributed by atoms with Gasteiger partial charge in [0.25, 0.3) is 0 Å². The number of aromatic nitrogens is 3. The Morgan fingerprint density at radius 1 is 1.16 bits per heavy atom. The maximum absolute atomic E-state index is 13.5. The van der Waals surface area contributed by atoms with Crippen LogP contribution in [0.3, 0.4) is 0 Å². The molecule has 0 radical (unpaired) electrons. The molecule has 37 heavy (non-hydrogen) atoms. The van der Waals surface area contributed by atoms with E-state index < -0.39 is 17.8 Å². The number of nitrogens with one attached hydrogen (secondary N) is 1. The summed E-state index contributed by atoms with van der Waals surface area (Å²) < 4.78 is 47.0. The van der Waals surface area contributed by atoms with Gasteiger partial charge in [-0.05, 0) is 56.5 Å². The van der Waals surface area contributed by atoms with E-state index in [9.17, 15) is 18.0 Å². The summed E-state index contributed by atoms with van der Waals surface area (Å²) in [6.45, 7) is 4.70. The van der Waals surface area contributed by atoms with Crippen LogP contribution in [-0.2, 0) is 6.18 Å². The van der Waals surface area contributed by atoms with Gasteiger partial charge < -0.3 is 19.5 Å². The van der Waals surface area contributed by atoms with Gasteiger partial charge in [-0.3, -0.25) is 0 Å². The lowest BCUT2D eigenvalue weighted by Gasteiger charge is -2.31. The van der Waals surface area contributed by atoms with Gasteiger partial charge in [-0.2, -0.15) is 13.2 Å². The Bertz CT molecular complexity index is 1290. The standard InChI is InChI=1S/C26H27ClF3N5O2/c1-15(17-5-8-19(27)9-6-17)35-16(2)32-33-24(35)22-4-3-12-34(22)25(36)31-21-11-13-37-23-14-18(26(28,29)30)7-10-20(21)23/h5-10,14-15,21-22H,3-4,11-13H2,1-2H3,(H,31,36)/t15-,21-,22+/m0/s1. The molecule has 2 aromatic carbocycles. The van der Waals surface area contributed by atoms with Crippen LogP contribution in [0.2, 0.25) is 5.02 Å². The van der Waals surface area contributed by atoms with Crippen LogP contribution in [0.4, 0.5) is 18.0 Å². The van der Waals surface area contributed by atoms with Crippen LogP contribution in [0.25, 0.3) is 0 Å². The number of aryl methyl sites for hydroxylation is 1. The molecular weight excluding hydrogens is 507 g/mol. The molecule has 2 aliphatic heterocycles. The molecule has 5 rings (SSSR count). The van der Waals surface area contributed by atoms with E-state index in [4.69, 9.17) is 16.3 Å². The minimum Gasteiger partial charge on any atom is -0.493 e. The van der Waals surface area contributed by atoms with Gasteiger partial charge in [0.1, 0.15) is 11.6 Å². The molecule has 11 heteroatoms. The molecule has 2 amide bonds. The van der Waals surface area contributed by atoms with Crippen molar-refractivity contribution >= 4 is 17.6 Å². The minimum atomic E-state index is -4.46. The number of benzene rings is 2. The molecule has 7 nitrogen and oxygen atoms in total. The van der Waals surface area contributed by atoms with Gasteiger partial charge in [-0.25, -0.2) is 4.79 Å².